The SMILES string of the molecule is COc1c(/C=C/C(=O)O)ccc(C#N)c1F. The van der Waals surface area contributed by atoms with E-state index in [1.807, 2.05) is 0 Å². The Bertz CT molecular complexity index is 489. The average Bonchev–Trinajstić information content (AvgIpc) is 2.26. The van der Waals surface area contributed by atoms with Crippen LogP contribution in [0.4, 0.5) is 4.39 Å². The minimum absolute atomic E-state index is 0.142. The van der Waals surface area contributed by atoms with Gasteiger partial charge in [-0.1, -0.05) is 0 Å². The Labute approximate surface area is 91.2 Å². The molecular weight excluding hydrogens is 213 g/mol. The lowest BCUT2D eigenvalue weighted by molar-refractivity contribution is -0.131. The molecule has 0 aromatic heterocycles. The monoisotopic (exact) mass is 221 g/mol. The highest BCUT2D eigenvalue weighted by Crippen LogP contribution is 2.26. The summed E-state index contributed by atoms with van der Waals surface area (Å²) in [5, 5.41) is 17.0. The smallest absolute Gasteiger partial charge is 0.328 e. The van der Waals surface area contributed by atoms with E-state index in [0.29, 0.717) is 0 Å². The maximum absolute atomic E-state index is 13.5. The maximum Gasteiger partial charge on any atom is 0.328 e. The molecule has 0 aliphatic carbocycles. The number of hydrogen-bond donors (Lipinski definition) is 1. The molecule has 0 atom stereocenters. The van der Waals surface area contributed by atoms with Crippen LogP contribution in [0.5, 0.6) is 5.75 Å². The molecule has 0 radical (unpaired) electrons. The third kappa shape index (κ3) is 2.36. The molecule has 0 aliphatic heterocycles. The van der Waals surface area contributed by atoms with Gasteiger partial charge in [0.2, 0.25) is 0 Å². The van der Waals surface area contributed by atoms with Gasteiger partial charge in [-0.3, -0.25) is 0 Å². The molecule has 82 valence electrons. The second-order valence-electron chi connectivity index (χ2n) is 2.83. The molecule has 0 unspecified atom stereocenters. The van der Waals surface area contributed by atoms with Crippen molar-refractivity contribution in [3.8, 4) is 11.8 Å². The fraction of sp³-hybridized carbons (Fsp3) is 0.0909. The largest absolute Gasteiger partial charge is 0.493 e. The van der Waals surface area contributed by atoms with E-state index in [4.69, 9.17) is 15.1 Å². The lowest BCUT2D eigenvalue weighted by atomic mass is 10.1. The number of benzene rings is 1. The topological polar surface area (TPSA) is 70.3 Å². The molecule has 1 aromatic rings. The molecular formula is C11H8FNO3. The van der Waals surface area contributed by atoms with Gasteiger partial charge >= 0.3 is 5.97 Å². The number of nitrogens with zero attached hydrogens (tertiary/aromatic N) is 1. The van der Waals surface area contributed by atoms with Gasteiger partial charge in [-0.15, -0.1) is 0 Å². The predicted octanol–water partition coefficient (Wildman–Crippen LogP) is 1.80. The normalized spacial score (nSPS) is 10.1. The molecule has 0 aliphatic rings. The summed E-state index contributed by atoms with van der Waals surface area (Å²) in [6.45, 7) is 0. The van der Waals surface area contributed by atoms with Gasteiger partial charge < -0.3 is 9.84 Å². The Kier molecular flexibility index (Phi) is 3.62. The summed E-state index contributed by atoms with van der Waals surface area (Å²) in [4.78, 5) is 10.3. The van der Waals surface area contributed by atoms with E-state index in [-0.39, 0.29) is 16.9 Å². The number of carboxylic acids is 1. The van der Waals surface area contributed by atoms with Crippen molar-refractivity contribution in [1.82, 2.24) is 0 Å². The van der Waals surface area contributed by atoms with E-state index < -0.39 is 11.8 Å². The van der Waals surface area contributed by atoms with E-state index in [9.17, 15) is 9.18 Å². The molecule has 0 amide bonds. The van der Waals surface area contributed by atoms with Crippen molar-refractivity contribution in [3.05, 3.63) is 35.2 Å². The zero-order chi connectivity index (χ0) is 12.1. The quantitative estimate of drug-likeness (QED) is 0.790. The fourth-order valence-electron chi connectivity index (χ4n) is 1.16. The van der Waals surface area contributed by atoms with E-state index in [1.54, 1.807) is 6.07 Å². The highest BCUT2D eigenvalue weighted by Gasteiger charge is 2.12. The van der Waals surface area contributed by atoms with Crippen LogP contribution in [0.2, 0.25) is 0 Å². The summed E-state index contributed by atoms with van der Waals surface area (Å²) in [6, 6.07) is 4.35. The number of ether oxygens (including phenoxy) is 1. The van der Waals surface area contributed by atoms with Crippen molar-refractivity contribution in [1.29, 1.82) is 5.26 Å². The summed E-state index contributed by atoms with van der Waals surface area (Å²) in [6.07, 6.45) is 2.06. The number of rotatable bonds is 3. The van der Waals surface area contributed by atoms with E-state index in [2.05, 4.69) is 0 Å². The van der Waals surface area contributed by atoms with E-state index in [0.717, 1.165) is 6.08 Å². The molecule has 0 fully saturated rings. The van der Waals surface area contributed by atoms with Crippen LogP contribution in [0.3, 0.4) is 0 Å². The molecule has 5 heteroatoms. The van der Waals surface area contributed by atoms with Crippen molar-refractivity contribution in [2.75, 3.05) is 7.11 Å². The van der Waals surface area contributed by atoms with Crippen molar-refractivity contribution < 1.29 is 19.0 Å². The molecule has 0 spiro atoms. The number of carboxylic acid groups (broad SMARTS) is 1. The predicted molar refractivity (Wildman–Crippen MR) is 54.3 cm³/mol. The van der Waals surface area contributed by atoms with Gasteiger partial charge in [-0.25, -0.2) is 9.18 Å². The minimum Gasteiger partial charge on any atom is -0.493 e. The molecule has 0 bridgehead atoms. The summed E-state index contributed by atoms with van der Waals surface area (Å²) in [5.41, 5.74) is 0.116. The molecule has 1 aromatic carbocycles. The van der Waals surface area contributed by atoms with Crippen LogP contribution < -0.4 is 4.74 Å². The molecule has 1 N–H and O–H groups in total. The Hall–Kier alpha value is -2.35. The number of carbonyl (C=O) groups is 1. The first kappa shape index (κ1) is 11.7. The number of halogens is 1. The summed E-state index contributed by atoms with van der Waals surface area (Å²) in [5.74, 6) is -2.08. The van der Waals surface area contributed by atoms with Crippen LogP contribution in [0.15, 0.2) is 18.2 Å². The van der Waals surface area contributed by atoms with Crippen LogP contribution in [0.25, 0.3) is 6.08 Å². The minimum atomic E-state index is -1.15. The Balaban J connectivity index is 3.27. The summed E-state index contributed by atoms with van der Waals surface area (Å²) in [7, 11) is 1.25. The standard InChI is InChI=1S/C11H8FNO3/c1-16-11-7(4-5-9(14)15)2-3-8(6-13)10(11)12/h2-5H,1H3,(H,14,15)/b5-4+. The zero-order valence-corrected chi connectivity index (χ0v) is 8.40. The van der Waals surface area contributed by atoms with Crippen molar-refractivity contribution in [2.45, 2.75) is 0 Å². The molecule has 4 nitrogen and oxygen atoms in total. The van der Waals surface area contributed by atoms with Crippen molar-refractivity contribution in [3.63, 3.8) is 0 Å². The van der Waals surface area contributed by atoms with Gasteiger partial charge in [0.05, 0.1) is 12.7 Å². The lowest BCUT2D eigenvalue weighted by Crippen LogP contribution is -1.95. The number of hydrogen-bond acceptors (Lipinski definition) is 3. The molecule has 0 heterocycles. The van der Waals surface area contributed by atoms with Crippen LogP contribution in [-0.4, -0.2) is 18.2 Å². The Morgan fingerprint density at radius 1 is 1.62 bits per heavy atom. The molecule has 1 rings (SSSR count). The van der Waals surface area contributed by atoms with Crippen LogP contribution in [-0.2, 0) is 4.79 Å². The van der Waals surface area contributed by atoms with Gasteiger partial charge in [0.1, 0.15) is 6.07 Å². The third-order valence-electron chi connectivity index (χ3n) is 1.86. The molecule has 0 saturated carbocycles. The van der Waals surface area contributed by atoms with Crippen LogP contribution in [0.1, 0.15) is 11.1 Å². The van der Waals surface area contributed by atoms with E-state index >= 15 is 0 Å². The summed E-state index contributed by atoms with van der Waals surface area (Å²) < 4.78 is 18.3. The van der Waals surface area contributed by atoms with Crippen LogP contribution in [0, 0.1) is 17.1 Å². The van der Waals surface area contributed by atoms with Gasteiger partial charge in [-0.2, -0.15) is 5.26 Å². The molecule has 0 saturated heterocycles. The number of aliphatic carboxylic acids is 1. The van der Waals surface area contributed by atoms with Gasteiger partial charge in [0.15, 0.2) is 11.6 Å². The summed E-state index contributed by atoms with van der Waals surface area (Å²) >= 11 is 0. The highest BCUT2D eigenvalue weighted by atomic mass is 19.1. The number of methoxy groups -OCH3 is 1. The lowest BCUT2D eigenvalue weighted by Gasteiger charge is -2.06. The molecule has 16 heavy (non-hydrogen) atoms. The van der Waals surface area contributed by atoms with Crippen molar-refractivity contribution >= 4 is 12.0 Å². The first-order valence-electron chi connectivity index (χ1n) is 4.27. The van der Waals surface area contributed by atoms with Gasteiger partial charge in [0.25, 0.3) is 0 Å². The van der Waals surface area contributed by atoms with Gasteiger partial charge in [-0.05, 0) is 18.2 Å². The first-order valence-corrected chi connectivity index (χ1v) is 4.27. The first-order chi connectivity index (χ1) is 7.60. The van der Waals surface area contributed by atoms with Crippen molar-refractivity contribution in [2.24, 2.45) is 0 Å². The Morgan fingerprint density at radius 3 is 2.81 bits per heavy atom. The van der Waals surface area contributed by atoms with Crippen LogP contribution >= 0.6 is 0 Å². The highest BCUT2D eigenvalue weighted by molar-refractivity contribution is 5.86. The second kappa shape index (κ2) is 4.94. The van der Waals surface area contributed by atoms with E-state index in [1.165, 1.54) is 25.3 Å². The Morgan fingerprint density at radius 2 is 2.31 bits per heavy atom. The third-order valence-corrected chi connectivity index (χ3v) is 1.86. The fourth-order valence-corrected chi connectivity index (χ4v) is 1.16. The number of nitriles is 1. The maximum atomic E-state index is 13.5. The van der Waals surface area contributed by atoms with Gasteiger partial charge in [0, 0.05) is 11.6 Å². The average molecular weight is 221 g/mol. The zero-order valence-electron chi connectivity index (χ0n) is 8.40. The second-order valence-corrected chi connectivity index (χ2v) is 2.83.